The van der Waals surface area contributed by atoms with Gasteiger partial charge in [-0.05, 0) is 55.0 Å². The molecule has 9 heteroatoms. The molecule has 8 nitrogen and oxygen atoms in total. The molecule has 3 rings (SSSR count). The maximum absolute atomic E-state index is 11.5. The first-order chi connectivity index (χ1) is 13.3. The highest BCUT2D eigenvalue weighted by molar-refractivity contribution is 7.89. The van der Waals surface area contributed by atoms with Crippen LogP contribution < -0.4 is 14.8 Å². The Morgan fingerprint density at radius 3 is 2.54 bits per heavy atom. The summed E-state index contributed by atoms with van der Waals surface area (Å²) < 4.78 is 28.2. The number of nitrogens with zero attached hydrogens (tertiary/aromatic N) is 2. The number of hydrogen-bond donors (Lipinski definition) is 1. The molecule has 1 fully saturated rings. The molecule has 1 heterocycles. The molecule has 0 atom stereocenters. The van der Waals surface area contributed by atoms with Crippen molar-refractivity contribution >= 4 is 21.4 Å². The van der Waals surface area contributed by atoms with Crippen LogP contribution in [-0.4, -0.2) is 33.5 Å². The quantitative estimate of drug-likeness (QED) is 0.583. The molecule has 0 saturated carbocycles. The van der Waals surface area contributed by atoms with Gasteiger partial charge in [-0.15, -0.1) is 0 Å². The van der Waals surface area contributed by atoms with Gasteiger partial charge in [0.15, 0.2) is 0 Å². The summed E-state index contributed by atoms with van der Waals surface area (Å²) in [4.78, 5) is 12.6. The minimum Gasteiger partial charge on any atom is -0.497 e. The summed E-state index contributed by atoms with van der Waals surface area (Å²) in [5, 5.41) is 16.5. The Labute approximate surface area is 164 Å². The Morgan fingerprint density at radius 2 is 1.93 bits per heavy atom. The van der Waals surface area contributed by atoms with Gasteiger partial charge >= 0.3 is 0 Å². The lowest BCUT2D eigenvalue weighted by molar-refractivity contribution is -0.384. The van der Waals surface area contributed by atoms with E-state index in [1.165, 1.54) is 17.7 Å². The second kappa shape index (κ2) is 8.15. The predicted molar refractivity (Wildman–Crippen MR) is 106 cm³/mol. The van der Waals surface area contributed by atoms with Gasteiger partial charge in [0.05, 0.1) is 16.9 Å². The van der Waals surface area contributed by atoms with E-state index in [0.717, 1.165) is 31.1 Å². The molecular formula is C19H23N3O5S. The van der Waals surface area contributed by atoms with E-state index in [0.29, 0.717) is 24.7 Å². The Balaban J connectivity index is 1.71. The van der Waals surface area contributed by atoms with Crippen molar-refractivity contribution in [2.24, 2.45) is 11.1 Å². The van der Waals surface area contributed by atoms with E-state index >= 15 is 0 Å². The summed E-state index contributed by atoms with van der Waals surface area (Å²) in [5.74, 6) is 1.31. The summed E-state index contributed by atoms with van der Waals surface area (Å²) in [6, 6.07) is 11.8. The van der Waals surface area contributed by atoms with E-state index in [1.807, 2.05) is 23.1 Å². The third-order valence-corrected chi connectivity index (χ3v) is 6.00. The molecule has 2 aromatic rings. The molecular weight excluding hydrogens is 382 g/mol. The van der Waals surface area contributed by atoms with Gasteiger partial charge < -0.3 is 9.64 Å². The predicted octanol–water partition coefficient (Wildman–Crippen LogP) is 2.71. The van der Waals surface area contributed by atoms with Crippen LogP contribution in [0.2, 0.25) is 0 Å². The number of ether oxygens (including phenoxy) is 1. The first-order valence-corrected chi connectivity index (χ1v) is 10.5. The van der Waals surface area contributed by atoms with Crippen LogP contribution in [0, 0.1) is 16.0 Å². The van der Waals surface area contributed by atoms with Crippen molar-refractivity contribution in [3.63, 3.8) is 0 Å². The number of rotatable bonds is 6. The summed E-state index contributed by atoms with van der Waals surface area (Å²) in [5.41, 5.74) is 1.40. The van der Waals surface area contributed by atoms with E-state index in [2.05, 4.69) is 6.07 Å². The van der Waals surface area contributed by atoms with Gasteiger partial charge in [0, 0.05) is 19.2 Å². The molecule has 2 N–H and O–H groups in total. The Bertz CT molecular complexity index is 969. The molecule has 28 heavy (non-hydrogen) atoms. The standard InChI is InChI=1S/C19H23N3O5S/c1-27-16-4-2-3-15(12-16)11-14-7-9-21(10-8-14)18-6-5-17(28(20,25)26)13-19(18)22(23)24/h2-6,12-14H,7-11H2,1H3,(H2,20,25,26). The third-order valence-electron chi connectivity index (χ3n) is 5.09. The minimum absolute atomic E-state index is 0.238. The zero-order valence-corrected chi connectivity index (χ0v) is 16.4. The molecule has 1 aliphatic heterocycles. The first-order valence-electron chi connectivity index (χ1n) is 8.97. The van der Waals surface area contributed by atoms with Crippen molar-refractivity contribution in [3.8, 4) is 5.75 Å². The molecule has 0 aliphatic carbocycles. The van der Waals surface area contributed by atoms with Crippen molar-refractivity contribution in [2.75, 3.05) is 25.1 Å². The molecule has 0 bridgehead atoms. The van der Waals surface area contributed by atoms with Crippen molar-refractivity contribution in [1.29, 1.82) is 0 Å². The van der Waals surface area contributed by atoms with Crippen LogP contribution in [-0.2, 0) is 16.4 Å². The molecule has 0 amide bonds. The van der Waals surface area contributed by atoms with Gasteiger partial charge in [-0.2, -0.15) is 0 Å². The van der Waals surface area contributed by atoms with Crippen LogP contribution >= 0.6 is 0 Å². The zero-order valence-electron chi connectivity index (χ0n) is 15.6. The summed E-state index contributed by atoms with van der Waals surface area (Å²) >= 11 is 0. The van der Waals surface area contributed by atoms with Crippen molar-refractivity contribution in [1.82, 2.24) is 0 Å². The fourth-order valence-corrected chi connectivity index (χ4v) is 4.14. The number of anilines is 1. The number of hydrogen-bond acceptors (Lipinski definition) is 6. The minimum atomic E-state index is -3.99. The maximum atomic E-state index is 11.5. The van der Waals surface area contributed by atoms with Crippen molar-refractivity contribution in [2.45, 2.75) is 24.2 Å². The molecule has 1 aliphatic rings. The van der Waals surface area contributed by atoms with Crippen LogP contribution in [0.4, 0.5) is 11.4 Å². The number of piperidine rings is 1. The Hall–Kier alpha value is -2.65. The first kappa shape index (κ1) is 20.1. The SMILES string of the molecule is COc1cccc(CC2CCN(c3ccc(S(N)(=O)=O)cc3[N+](=O)[O-])CC2)c1. The lowest BCUT2D eigenvalue weighted by Crippen LogP contribution is -2.34. The molecule has 0 radical (unpaired) electrons. The number of primary sulfonamides is 1. The van der Waals surface area contributed by atoms with E-state index in [-0.39, 0.29) is 10.6 Å². The van der Waals surface area contributed by atoms with Crippen LogP contribution in [0.1, 0.15) is 18.4 Å². The fourth-order valence-electron chi connectivity index (χ4n) is 3.60. The highest BCUT2D eigenvalue weighted by Crippen LogP contribution is 2.34. The highest BCUT2D eigenvalue weighted by atomic mass is 32.2. The second-order valence-electron chi connectivity index (χ2n) is 6.94. The topological polar surface area (TPSA) is 116 Å². The third kappa shape index (κ3) is 4.60. The fraction of sp³-hybridized carbons (Fsp3) is 0.368. The van der Waals surface area contributed by atoms with E-state index in [4.69, 9.17) is 9.88 Å². The average Bonchev–Trinajstić information content (AvgIpc) is 2.67. The largest absolute Gasteiger partial charge is 0.497 e. The van der Waals surface area contributed by atoms with Gasteiger partial charge in [0.1, 0.15) is 11.4 Å². The number of benzene rings is 2. The normalized spacial score (nSPS) is 15.4. The number of nitro groups is 1. The van der Waals surface area contributed by atoms with Crippen LogP contribution in [0.5, 0.6) is 5.75 Å². The van der Waals surface area contributed by atoms with Crippen LogP contribution in [0.3, 0.4) is 0 Å². The number of methoxy groups -OCH3 is 1. The highest BCUT2D eigenvalue weighted by Gasteiger charge is 2.26. The Kier molecular flexibility index (Phi) is 5.85. The van der Waals surface area contributed by atoms with Gasteiger partial charge in [-0.3, -0.25) is 10.1 Å². The molecule has 2 aromatic carbocycles. The molecule has 1 saturated heterocycles. The van der Waals surface area contributed by atoms with Gasteiger partial charge in [0.2, 0.25) is 10.0 Å². The lowest BCUT2D eigenvalue weighted by Gasteiger charge is -2.33. The van der Waals surface area contributed by atoms with Crippen LogP contribution in [0.25, 0.3) is 0 Å². The monoisotopic (exact) mass is 405 g/mol. The molecule has 0 unspecified atom stereocenters. The summed E-state index contributed by atoms with van der Waals surface area (Å²) in [6.07, 6.45) is 2.72. The lowest BCUT2D eigenvalue weighted by atomic mass is 9.90. The van der Waals surface area contributed by atoms with Gasteiger partial charge in [-0.25, -0.2) is 13.6 Å². The number of sulfonamides is 1. The van der Waals surface area contributed by atoms with Crippen LogP contribution in [0.15, 0.2) is 47.4 Å². The van der Waals surface area contributed by atoms with Gasteiger partial charge in [0.25, 0.3) is 5.69 Å². The van der Waals surface area contributed by atoms with Gasteiger partial charge in [-0.1, -0.05) is 12.1 Å². The van der Waals surface area contributed by atoms with Crippen molar-refractivity contribution in [3.05, 3.63) is 58.1 Å². The smallest absolute Gasteiger partial charge is 0.293 e. The molecule has 150 valence electrons. The zero-order chi connectivity index (χ0) is 20.3. The summed E-state index contributed by atoms with van der Waals surface area (Å²) in [6.45, 7) is 1.34. The number of nitro benzene ring substituents is 1. The molecule has 0 spiro atoms. The maximum Gasteiger partial charge on any atom is 0.293 e. The van der Waals surface area contributed by atoms with Crippen molar-refractivity contribution < 1.29 is 18.1 Å². The second-order valence-corrected chi connectivity index (χ2v) is 8.50. The average molecular weight is 405 g/mol. The Morgan fingerprint density at radius 1 is 1.21 bits per heavy atom. The summed E-state index contributed by atoms with van der Waals surface area (Å²) in [7, 11) is -2.34. The van der Waals surface area contributed by atoms with E-state index in [1.54, 1.807) is 7.11 Å². The van der Waals surface area contributed by atoms with E-state index in [9.17, 15) is 18.5 Å². The number of nitrogens with two attached hydrogens (primary N) is 1. The van der Waals surface area contributed by atoms with E-state index < -0.39 is 14.9 Å². The molecule has 0 aromatic heterocycles.